The maximum absolute atomic E-state index is 12.3. The molecule has 0 aliphatic heterocycles. The number of aromatic nitrogens is 1. The number of anilines is 1. The van der Waals surface area contributed by atoms with Crippen molar-refractivity contribution in [1.29, 1.82) is 0 Å². The monoisotopic (exact) mass is 415 g/mol. The molecule has 0 bridgehead atoms. The molecule has 4 aromatic rings. The Morgan fingerprint density at radius 3 is 2.40 bits per heavy atom. The first-order valence-electron chi connectivity index (χ1n) is 9.56. The molecule has 150 valence electrons. The van der Waals surface area contributed by atoms with Crippen LogP contribution < -0.4 is 10.6 Å². The van der Waals surface area contributed by atoms with E-state index in [4.69, 9.17) is 16.6 Å². The second-order valence-corrected chi connectivity index (χ2v) is 7.70. The van der Waals surface area contributed by atoms with E-state index in [1.54, 1.807) is 12.1 Å². The van der Waals surface area contributed by atoms with Gasteiger partial charge in [-0.15, -0.1) is 0 Å². The van der Waals surface area contributed by atoms with Gasteiger partial charge in [-0.3, -0.25) is 10.1 Å². The topological polar surface area (TPSA) is 67.2 Å². The molecule has 5 nitrogen and oxygen atoms in total. The Labute approximate surface area is 180 Å². The second kappa shape index (κ2) is 8.08. The fourth-order valence-corrected chi connectivity index (χ4v) is 3.43. The van der Waals surface area contributed by atoms with Gasteiger partial charge in [0, 0.05) is 16.8 Å². The third-order valence-corrected chi connectivity index (χ3v) is 5.00. The molecule has 1 amide bonds. The van der Waals surface area contributed by atoms with Gasteiger partial charge < -0.3 is 9.73 Å². The zero-order valence-corrected chi connectivity index (χ0v) is 17.8. The average molecular weight is 416 g/mol. The molecule has 0 aliphatic rings. The minimum atomic E-state index is -0.257. The van der Waals surface area contributed by atoms with Crippen molar-refractivity contribution in [2.75, 3.05) is 5.32 Å². The van der Waals surface area contributed by atoms with Crippen molar-refractivity contribution in [3.05, 3.63) is 82.9 Å². The van der Waals surface area contributed by atoms with E-state index < -0.39 is 0 Å². The molecule has 4 rings (SSSR count). The average Bonchev–Trinajstić information content (AvgIpc) is 3.11. The van der Waals surface area contributed by atoms with Crippen LogP contribution >= 0.6 is 12.2 Å². The lowest BCUT2D eigenvalue weighted by Gasteiger charge is -2.09. The van der Waals surface area contributed by atoms with Gasteiger partial charge in [-0.25, -0.2) is 4.98 Å². The summed E-state index contributed by atoms with van der Waals surface area (Å²) >= 11 is 5.28. The highest BCUT2D eigenvalue weighted by Gasteiger charge is 2.12. The number of benzene rings is 3. The number of thiocarbonyl (C=S) groups is 1. The highest BCUT2D eigenvalue weighted by molar-refractivity contribution is 7.80. The van der Waals surface area contributed by atoms with E-state index >= 15 is 0 Å². The molecule has 1 aromatic heterocycles. The summed E-state index contributed by atoms with van der Waals surface area (Å²) in [4.78, 5) is 16.9. The van der Waals surface area contributed by atoms with Crippen LogP contribution in [0.25, 0.3) is 22.6 Å². The number of nitrogens with zero attached hydrogens (tertiary/aromatic N) is 1. The second-order valence-electron chi connectivity index (χ2n) is 7.29. The third-order valence-electron chi connectivity index (χ3n) is 4.80. The van der Waals surface area contributed by atoms with Gasteiger partial charge >= 0.3 is 0 Å². The molecular formula is C24H21N3O2S. The molecule has 0 aliphatic carbocycles. The lowest BCUT2D eigenvalue weighted by molar-refractivity contribution is 0.0977. The van der Waals surface area contributed by atoms with Gasteiger partial charge in [-0.05, 0) is 75.0 Å². The van der Waals surface area contributed by atoms with Crippen molar-refractivity contribution in [2.45, 2.75) is 20.8 Å². The Morgan fingerprint density at radius 2 is 1.67 bits per heavy atom. The van der Waals surface area contributed by atoms with Crippen molar-refractivity contribution < 1.29 is 9.21 Å². The van der Waals surface area contributed by atoms with Crippen molar-refractivity contribution >= 4 is 40.0 Å². The van der Waals surface area contributed by atoms with Crippen LogP contribution in [0.4, 0.5) is 5.69 Å². The number of aryl methyl sites for hydroxylation is 3. The number of oxazole rings is 1. The first-order valence-corrected chi connectivity index (χ1v) is 9.97. The summed E-state index contributed by atoms with van der Waals surface area (Å²) in [6.07, 6.45) is 0. The van der Waals surface area contributed by atoms with Gasteiger partial charge in [-0.2, -0.15) is 0 Å². The van der Waals surface area contributed by atoms with Crippen LogP contribution in [0.15, 0.2) is 65.1 Å². The van der Waals surface area contributed by atoms with Crippen molar-refractivity contribution in [3.8, 4) is 11.5 Å². The predicted molar refractivity (Wildman–Crippen MR) is 124 cm³/mol. The number of rotatable bonds is 3. The summed E-state index contributed by atoms with van der Waals surface area (Å²) in [6, 6.07) is 19.0. The molecular weight excluding hydrogens is 394 g/mol. The van der Waals surface area contributed by atoms with Gasteiger partial charge in [0.15, 0.2) is 10.7 Å². The van der Waals surface area contributed by atoms with E-state index in [9.17, 15) is 4.79 Å². The van der Waals surface area contributed by atoms with Gasteiger partial charge in [0.1, 0.15) is 5.52 Å². The molecule has 0 fully saturated rings. The maximum atomic E-state index is 12.3. The smallest absolute Gasteiger partial charge is 0.257 e. The first kappa shape index (κ1) is 19.8. The van der Waals surface area contributed by atoms with Crippen LogP contribution in [0.3, 0.4) is 0 Å². The summed E-state index contributed by atoms with van der Waals surface area (Å²) in [5, 5.41) is 5.95. The predicted octanol–water partition coefficient (Wildman–Crippen LogP) is 5.55. The lowest BCUT2D eigenvalue weighted by atomic mass is 10.1. The van der Waals surface area contributed by atoms with Gasteiger partial charge in [-0.1, -0.05) is 35.4 Å². The van der Waals surface area contributed by atoms with Crippen LogP contribution in [0.5, 0.6) is 0 Å². The summed E-state index contributed by atoms with van der Waals surface area (Å²) < 4.78 is 5.93. The van der Waals surface area contributed by atoms with Crippen molar-refractivity contribution in [3.63, 3.8) is 0 Å². The number of nitrogens with one attached hydrogen (secondary N) is 2. The Balaban J connectivity index is 1.50. The fourth-order valence-electron chi connectivity index (χ4n) is 3.22. The highest BCUT2D eigenvalue weighted by atomic mass is 32.1. The van der Waals surface area contributed by atoms with Crippen LogP contribution in [0.2, 0.25) is 0 Å². The van der Waals surface area contributed by atoms with Gasteiger partial charge in [0.2, 0.25) is 5.89 Å². The summed E-state index contributed by atoms with van der Waals surface area (Å²) in [7, 11) is 0. The summed E-state index contributed by atoms with van der Waals surface area (Å²) in [6.45, 7) is 6.07. The summed E-state index contributed by atoms with van der Waals surface area (Å²) in [5.41, 5.74) is 7.03. The molecule has 0 spiro atoms. The Hall–Kier alpha value is -3.51. The minimum Gasteiger partial charge on any atom is -0.436 e. The fraction of sp³-hybridized carbons (Fsp3) is 0.125. The normalized spacial score (nSPS) is 10.8. The van der Waals surface area contributed by atoms with Crippen molar-refractivity contribution in [1.82, 2.24) is 10.3 Å². The van der Waals surface area contributed by atoms with E-state index in [1.165, 1.54) is 5.56 Å². The molecule has 0 atom stereocenters. The first-order chi connectivity index (χ1) is 14.4. The number of fused-ring (bicyclic) bond motifs is 1. The Morgan fingerprint density at radius 1 is 0.933 bits per heavy atom. The zero-order chi connectivity index (χ0) is 21.3. The molecule has 1 heterocycles. The number of carbonyl (C=O) groups excluding carboxylic acids is 1. The number of hydrogen-bond acceptors (Lipinski definition) is 4. The molecule has 2 N–H and O–H groups in total. The third kappa shape index (κ3) is 4.23. The zero-order valence-electron chi connectivity index (χ0n) is 16.9. The van der Waals surface area contributed by atoms with Gasteiger partial charge in [0.05, 0.1) is 0 Å². The molecule has 0 saturated carbocycles. The molecule has 0 radical (unpaired) electrons. The Bertz CT molecular complexity index is 1260. The SMILES string of the molecule is Cc1ccc(C(=O)NC(=S)Nc2ccc3oc(-c4ccc(C)cc4C)nc3c2)cc1. The largest absolute Gasteiger partial charge is 0.436 e. The number of hydrogen-bond donors (Lipinski definition) is 2. The molecule has 0 unspecified atom stereocenters. The van der Waals surface area contributed by atoms with Crippen LogP contribution in [0.1, 0.15) is 27.0 Å². The highest BCUT2D eigenvalue weighted by Crippen LogP contribution is 2.28. The van der Waals surface area contributed by atoms with E-state index in [0.717, 1.165) is 22.4 Å². The van der Waals surface area contributed by atoms with Crippen LogP contribution in [0, 0.1) is 20.8 Å². The van der Waals surface area contributed by atoms with Crippen molar-refractivity contribution in [2.24, 2.45) is 0 Å². The number of amides is 1. The minimum absolute atomic E-state index is 0.220. The Kier molecular flexibility index (Phi) is 5.33. The molecule has 3 aromatic carbocycles. The number of carbonyl (C=O) groups is 1. The van der Waals surface area contributed by atoms with E-state index in [1.807, 2.05) is 56.3 Å². The molecule has 0 saturated heterocycles. The molecule has 6 heteroatoms. The van der Waals surface area contributed by atoms with E-state index in [2.05, 4.69) is 28.6 Å². The molecule has 30 heavy (non-hydrogen) atoms. The lowest BCUT2D eigenvalue weighted by Crippen LogP contribution is -2.34. The summed E-state index contributed by atoms with van der Waals surface area (Å²) in [5.74, 6) is 0.321. The van der Waals surface area contributed by atoms with Crippen LogP contribution in [-0.4, -0.2) is 16.0 Å². The van der Waals surface area contributed by atoms with Gasteiger partial charge in [0.25, 0.3) is 5.91 Å². The quantitative estimate of drug-likeness (QED) is 0.430. The maximum Gasteiger partial charge on any atom is 0.257 e. The van der Waals surface area contributed by atoms with Crippen LogP contribution in [-0.2, 0) is 0 Å². The van der Waals surface area contributed by atoms with E-state index in [0.29, 0.717) is 22.6 Å². The van der Waals surface area contributed by atoms with E-state index in [-0.39, 0.29) is 11.0 Å². The standard InChI is InChI=1S/C24H21N3O2S/c1-14-4-7-17(8-5-14)22(28)27-24(30)25-18-9-11-21-20(13-18)26-23(29-21)19-10-6-15(2)12-16(19)3/h4-13H,1-3H3,(H2,25,27,28,30).